The SMILES string of the molecule is COC(=O)/C1=C/N(C)CC[C@]23C4=CCc5ccc(OC)c(c52)O[C@H]3C(OC)=C[C@@H]41. The van der Waals surface area contributed by atoms with Crippen molar-refractivity contribution < 1.29 is 23.7 Å². The highest BCUT2D eigenvalue weighted by molar-refractivity contribution is 5.91. The van der Waals surface area contributed by atoms with E-state index in [1.807, 2.05) is 25.4 Å². The van der Waals surface area contributed by atoms with Crippen LogP contribution in [0.5, 0.6) is 11.5 Å². The summed E-state index contributed by atoms with van der Waals surface area (Å²) in [6.45, 7) is 0.775. The first-order chi connectivity index (χ1) is 14.0. The quantitative estimate of drug-likeness (QED) is 0.580. The lowest BCUT2D eigenvalue weighted by atomic mass is 9.57. The average Bonchev–Trinajstić information content (AvgIpc) is 3.10. The molecule has 3 atom stereocenters. The van der Waals surface area contributed by atoms with Gasteiger partial charge in [-0.05, 0) is 36.1 Å². The van der Waals surface area contributed by atoms with E-state index in [1.54, 1.807) is 14.2 Å². The van der Waals surface area contributed by atoms with Crippen LogP contribution in [0.25, 0.3) is 0 Å². The Balaban J connectivity index is 1.81. The van der Waals surface area contributed by atoms with Gasteiger partial charge in [0.2, 0.25) is 0 Å². The molecule has 5 rings (SSSR count). The third-order valence-corrected chi connectivity index (χ3v) is 6.75. The van der Waals surface area contributed by atoms with Gasteiger partial charge < -0.3 is 23.8 Å². The molecule has 1 spiro atoms. The van der Waals surface area contributed by atoms with Crippen LogP contribution in [0.15, 0.2) is 47.4 Å². The smallest absolute Gasteiger partial charge is 0.336 e. The summed E-state index contributed by atoms with van der Waals surface area (Å²) in [6.07, 6.45) is 7.58. The number of carbonyl (C=O) groups excluding carboxylic acids is 1. The van der Waals surface area contributed by atoms with E-state index < -0.39 is 0 Å². The van der Waals surface area contributed by atoms with Crippen molar-refractivity contribution in [2.75, 3.05) is 34.9 Å². The van der Waals surface area contributed by atoms with Gasteiger partial charge in [-0.3, -0.25) is 0 Å². The molecule has 29 heavy (non-hydrogen) atoms. The number of benzene rings is 1. The van der Waals surface area contributed by atoms with Gasteiger partial charge in [0.15, 0.2) is 17.6 Å². The fraction of sp³-hybridized carbons (Fsp3) is 0.435. The minimum atomic E-state index is -0.385. The van der Waals surface area contributed by atoms with Gasteiger partial charge in [0, 0.05) is 31.3 Å². The van der Waals surface area contributed by atoms with E-state index in [2.05, 4.69) is 17.0 Å². The Morgan fingerprint density at radius 1 is 1.24 bits per heavy atom. The minimum absolute atomic E-state index is 0.217. The predicted octanol–water partition coefficient (Wildman–Crippen LogP) is 2.73. The minimum Gasteiger partial charge on any atom is -0.497 e. The Morgan fingerprint density at radius 3 is 2.79 bits per heavy atom. The second-order valence-electron chi connectivity index (χ2n) is 8.02. The third-order valence-electron chi connectivity index (χ3n) is 6.75. The van der Waals surface area contributed by atoms with Gasteiger partial charge in [0.05, 0.1) is 32.3 Å². The fourth-order valence-corrected chi connectivity index (χ4v) is 5.50. The molecule has 152 valence electrons. The first-order valence-electron chi connectivity index (χ1n) is 9.88. The monoisotopic (exact) mass is 395 g/mol. The molecular formula is C23H25NO5. The van der Waals surface area contributed by atoms with Gasteiger partial charge in [0.25, 0.3) is 0 Å². The third kappa shape index (κ3) is 2.26. The van der Waals surface area contributed by atoms with Crippen LogP contribution in [0.2, 0.25) is 0 Å². The molecule has 0 amide bonds. The molecule has 2 heterocycles. The van der Waals surface area contributed by atoms with E-state index in [0.717, 1.165) is 36.6 Å². The number of hydrogen-bond acceptors (Lipinski definition) is 6. The molecule has 4 aliphatic rings. The molecule has 2 aliphatic carbocycles. The van der Waals surface area contributed by atoms with Crippen LogP contribution in [-0.2, 0) is 26.1 Å². The Morgan fingerprint density at radius 2 is 2.07 bits per heavy atom. The van der Waals surface area contributed by atoms with E-state index in [0.29, 0.717) is 5.57 Å². The highest BCUT2D eigenvalue weighted by Gasteiger charge is 2.60. The van der Waals surface area contributed by atoms with Crippen LogP contribution < -0.4 is 9.47 Å². The van der Waals surface area contributed by atoms with Crippen molar-refractivity contribution in [1.29, 1.82) is 0 Å². The van der Waals surface area contributed by atoms with Crippen LogP contribution in [-0.4, -0.2) is 51.9 Å². The van der Waals surface area contributed by atoms with Gasteiger partial charge in [-0.1, -0.05) is 12.1 Å². The maximum Gasteiger partial charge on any atom is 0.336 e. The molecular weight excluding hydrogens is 370 g/mol. The molecule has 2 bridgehead atoms. The first kappa shape index (κ1) is 18.2. The largest absolute Gasteiger partial charge is 0.497 e. The van der Waals surface area contributed by atoms with Gasteiger partial charge >= 0.3 is 5.97 Å². The van der Waals surface area contributed by atoms with E-state index in [4.69, 9.17) is 18.9 Å². The Bertz CT molecular complexity index is 991. The van der Waals surface area contributed by atoms with Crippen molar-refractivity contribution >= 4 is 5.97 Å². The number of rotatable bonds is 3. The summed E-state index contributed by atoms with van der Waals surface area (Å²) in [6, 6.07) is 4.11. The van der Waals surface area contributed by atoms with Gasteiger partial charge in [-0.2, -0.15) is 0 Å². The summed E-state index contributed by atoms with van der Waals surface area (Å²) >= 11 is 0. The number of hydrogen-bond donors (Lipinski definition) is 0. The first-order valence-corrected chi connectivity index (χ1v) is 9.88. The number of ether oxygens (including phenoxy) is 4. The highest BCUT2D eigenvalue weighted by Crippen LogP contribution is 2.62. The van der Waals surface area contributed by atoms with Crippen molar-refractivity contribution in [3.8, 4) is 11.5 Å². The maximum absolute atomic E-state index is 12.7. The molecule has 0 aromatic heterocycles. The van der Waals surface area contributed by atoms with Crippen LogP contribution in [0.1, 0.15) is 17.5 Å². The summed E-state index contributed by atoms with van der Waals surface area (Å²) in [5.41, 5.74) is 3.87. The number of carbonyl (C=O) groups is 1. The number of methoxy groups -OCH3 is 3. The summed E-state index contributed by atoms with van der Waals surface area (Å²) in [5.74, 6) is 1.75. The van der Waals surface area contributed by atoms with Crippen molar-refractivity contribution in [3.05, 3.63) is 58.5 Å². The standard InChI is InChI=1S/C23H25NO5/c1-24-10-9-23-16-7-5-13-6-8-17(26-2)20(19(13)23)29-21(23)18(27-3)11-14(16)15(12-24)22(25)28-4/h6-8,11-12,14,21H,5,9-10H2,1-4H3/b15-12+/t14-,21+,23+/m1/s1. The zero-order valence-corrected chi connectivity index (χ0v) is 17.2. The van der Waals surface area contributed by atoms with E-state index in [9.17, 15) is 4.79 Å². The summed E-state index contributed by atoms with van der Waals surface area (Å²) in [5, 5.41) is 0. The van der Waals surface area contributed by atoms with Crippen LogP contribution in [0.4, 0.5) is 0 Å². The topological polar surface area (TPSA) is 57.2 Å². The molecule has 6 heteroatoms. The number of allylic oxidation sites excluding steroid dienone is 2. The second-order valence-corrected chi connectivity index (χ2v) is 8.02. The summed E-state index contributed by atoms with van der Waals surface area (Å²) in [7, 11) is 6.75. The normalized spacial score (nSPS) is 30.5. The molecule has 6 nitrogen and oxygen atoms in total. The van der Waals surface area contributed by atoms with Gasteiger partial charge in [-0.25, -0.2) is 4.79 Å². The van der Waals surface area contributed by atoms with E-state index in [1.165, 1.54) is 23.8 Å². The predicted molar refractivity (Wildman–Crippen MR) is 107 cm³/mol. The number of nitrogens with zero attached hydrogens (tertiary/aromatic N) is 1. The van der Waals surface area contributed by atoms with Crippen molar-refractivity contribution in [3.63, 3.8) is 0 Å². The fourth-order valence-electron chi connectivity index (χ4n) is 5.50. The number of esters is 1. The molecule has 1 aromatic rings. The zero-order chi connectivity index (χ0) is 20.3. The van der Waals surface area contributed by atoms with Crippen LogP contribution >= 0.6 is 0 Å². The van der Waals surface area contributed by atoms with Crippen molar-refractivity contribution in [2.45, 2.75) is 24.4 Å². The lowest BCUT2D eigenvalue weighted by molar-refractivity contribution is -0.136. The zero-order valence-electron chi connectivity index (χ0n) is 17.2. The molecule has 0 saturated carbocycles. The second kappa shape index (κ2) is 6.31. The lowest BCUT2D eigenvalue weighted by Gasteiger charge is -2.47. The van der Waals surface area contributed by atoms with Crippen LogP contribution in [0.3, 0.4) is 0 Å². The van der Waals surface area contributed by atoms with Crippen LogP contribution in [0, 0.1) is 5.92 Å². The van der Waals surface area contributed by atoms with Crippen molar-refractivity contribution in [1.82, 2.24) is 4.90 Å². The summed E-state index contributed by atoms with van der Waals surface area (Å²) in [4.78, 5) is 14.8. The summed E-state index contributed by atoms with van der Waals surface area (Å²) < 4.78 is 23.1. The molecule has 0 radical (unpaired) electrons. The van der Waals surface area contributed by atoms with Gasteiger partial charge in [0.1, 0.15) is 5.76 Å². The Kier molecular flexibility index (Phi) is 3.95. The molecule has 0 N–H and O–H groups in total. The highest BCUT2D eigenvalue weighted by atomic mass is 16.6. The Hall–Kier alpha value is -2.89. The molecule has 1 aromatic carbocycles. The molecule has 0 saturated heterocycles. The van der Waals surface area contributed by atoms with E-state index >= 15 is 0 Å². The molecule has 0 unspecified atom stereocenters. The van der Waals surface area contributed by atoms with Crippen molar-refractivity contribution in [2.24, 2.45) is 5.92 Å². The molecule has 2 aliphatic heterocycles. The molecule has 0 fully saturated rings. The maximum atomic E-state index is 12.7. The Labute approximate surface area is 170 Å². The average molecular weight is 395 g/mol. The van der Waals surface area contributed by atoms with Gasteiger partial charge in [-0.15, -0.1) is 0 Å². The lowest BCUT2D eigenvalue weighted by Crippen LogP contribution is -2.51. The van der Waals surface area contributed by atoms with E-state index in [-0.39, 0.29) is 23.4 Å².